The van der Waals surface area contributed by atoms with Gasteiger partial charge >= 0.3 is 5.69 Å². The van der Waals surface area contributed by atoms with E-state index < -0.39 is 5.91 Å². The number of hydrogen-bond acceptors (Lipinski definition) is 4. The monoisotopic (exact) mass is 329 g/mol. The van der Waals surface area contributed by atoms with E-state index in [1.54, 1.807) is 7.05 Å². The molecule has 23 heavy (non-hydrogen) atoms. The highest BCUT2D eigenvalue weighted by Crippen LogP contribution is 2.01. The minimum absolute atomic E-state index is 0.164. The molecule has 2 heterocycles. The molecule has 0 saturated carbocycles. The smallest absolute Gasteiger partial charge is 0.319 e. The molecular weight excluding hydrogens is 314 g/mol. The summed E-state index contributed by atoms with van der Waals surface area (Å²) < 4.78 is 4.31. The van der Waals surface area contributed by atoms with Crippen molar-refractivity contribution in [2.24, 2.45) is 12.0 Å². The minimum Gasteiger partial charge on any atom is -0.319 e. The summed E-state index contributed by atoms with van der Waals surface area (Å²) in [7, 11) is 1.58. The summed E-state index contributed by atoms with van der Waals surface area (Å²) in [6.45, 7) is 0.475. The van der Waals surface area contributed by atoms with E-state index in [1.165, 1.54) is 22.2 Å². The van der Waals surface area contributed by atoms with Gasteiger partial charge < -0.3 is 4.57 Å². The average Bonchev–Trinajstić information content (AvgIpc) is 3.10. The number of aromatic nitrogens is 4. The van der Waals surface area contributed by atoms with Crippen LogP contribution < -0.4 is 10.5 Å². The van der Waals surface area contributed by atoms with Crippen LogP contribution in [0.25, 0.3) is 0 Å². The first-order chi connectivity index (χ1) is 11.1. The Morgan fingerprint density at radius 3 is 2.78 bits per heavy atom. The molecule has 0 aliphatic heterocycles. The van der Waals surface area contributed by atoms with Crippen molar-refractivity contribution in [1.82, 2.24) is 18.9 Å². The molecule has 0 radical (unpaired) electrons. The van der Waals surface area contributed by atoms with Crippen LogP contribution in [0, 0.1) is 0 Å². The van der Waals surface area contributed by atoms with Crippen molar-refractivity contribution < 1.29 is 4.79 Å². The van der Waals surface area contributed by atoms with E-state index in [0.717, 1.165) is 10.2 Å². The van der Waals surface area contributed by atoms with Crippen LogP contribution >= 0.6 is 11.3 Å². The van der Waals surface area contributed by atoms with Gasteiger partial charge in [-0.25, -0.2) is 9.48 Å². The summed E-state index contributed by atoms with van der Waals surface area (Å²) >= 11 is 1.38. The van der Waals surface area contributed by atoms with Crippen molar-refractivity contribution in [3.8, 4) is 0 Å². The van der Waals surface area contributed by atoms with Crippen LogP contribution in [0.2, 0.25) is 0 Å². The molecule has 2 aromatic heterocycles. The number of benzene rings is 1. The van der Waals surface area contributed by atoms with Gasteiger partial charge in [-0.2, -0.15) is 10.1 Å². The minimum atomic E-state index is -0.407. The van der Waals surface area contributed by atoms with Gasteiger partial charge in [0.1, 0.15) is 12.9 Å². The Morgan fingerprint density at radius 1 is 1.30 bits per heavy atom. The molecule has 0 saturated heterocycles. The van der Waals surface area contributed by atoms with Gasteiger partial charge in [0, 0.05) is 25.2 Å². The van der Waals surface area contributed by atoms with Crippen LogP contribution in [0.1, 0.15) is 5.56 Å². The molecule has 8 heteroatoms. The SMILES string of the molecule is Cn1cnn(CC(=O)N=c2sccn2Cc2ccccc2)c1=O. The summed E-state index contributed by atoms with van der Waals surface area (Å²) in [5.41, 5.74) is 0.789. The maximum atomic E-state index is 12.1. The number of carbonyl (C=O) groups is 1. The zero-order chi connectivity index (χ0) is 16.2. The van der Waals surface area contributed by atoms with Gasteiger partial charge in [0.05, 0.1) is 0 Å². The third-order valence-electron chi connectivity index (χ3n) is 3.25. The average molecular weight is 329 g/mol. The zero-order valence-electron chi connectivity index (χ0n) is 12.5. The number of amides is 1. The Bertz CT molecular complexity index is 932. The van der Waals surface area contributed by atoms with Crippen LogP contribution in [0.5, 0.6) is 0 Å². The van der Waals surface area contributed by atoms with E-state index in [1.807, 2.05) is 46.5 Å². The Balaban J connectivity index is 1.80. The van der Waals surface area contributed by atoms with Gasteiger partial charge in [-0.3, -0.25) is 9.36 Å². The number of carbonyl (C=O) groups excluding carboxylic acids is 1. The van der Waals surface area contributed by atoms with E-state index in [9.17, 15) is 9.59 Å². The second-order valence-corrected chi connectivity index (χ2v) is 5.86. The Kier molecular flexibility index (Phi) is 4.33. The van der Waals surface area contributed by atoms with Crippen LogP contribution in [-0.2, 0) is 24.9 Å². The maximum Gasteiger partial charge on any atom is 0.345 e. The summed E-state index contributed by atoms with van der Waals surface area (Å²) in [5.74, 6) is -0.407. The molecule has 0 aliphatic rings. The normalized spacial score (nSPS) is 11.8. The lowest BCUT2D eigenvalue weighted by Gasteiger charge is -2.02. The molecule has 0 unspecified atom stereocenters. The molecule has 0 fully saturated rings. The fraction of sp³-hybridized carbons (Fsp3) is 0.200. The zero-order valence-corrected chi connectivity index (χ0v) is 13.3. The first kappa shape index (κ1) is 15.2. The molecule has 0 atom stereocenters. The second-order valence-electron chi connectivity index (χ2n) is 4.99. The largest absolute Gasteiger partial charge is 0.345 e. The lowest BCUT2D eigenvalue weighted by Crippen LogP contribution is -2.27. The molecule has 7 nitrogen and oxygen atoms in total. The first-order valence-electron chi connectivity index (χ1n) is 6.97. The molecule has 1 aromatic carbocycles. The topological polar surface area (TPSA) is 74.2 Å². The third kappa shape index (κ3) is 3.54. The highest BCUT2D eigenvalue weighted by atomic mass is 32.1. The molecule has 3 rings (SSSR count). The van der Waals surface area contributed by atoms with E-state index in [4.69, 9.17) is 0 Å². The summed E-state index contributed by atoms with van der Waals surface area (Å²) in [4.78, 5) is 28.4. The van der Waals surface area contributed by atoms with Crippen LogP contribution in [0.4, 0.5) is 0 Å². The first-order valence-corrected chi connectivity index (χ1v) is 7.85. The highest BCUT2D eigenvalue weighted by Gasteiger charge is 2.07. The van der Waals surface area contributed by atoms with E-state index >= 15 is 0 Å². The van der Waals surface area contributed by atoms with Crippen molar-refractivity contribution in [2.75, 3.05) is 0 Å². The van der Waals surface area contributed by atoms with Gasteiger partial charge in [0.25, 0.3) is 5.91 Å². The standard InChI is InChI=1S/C15H15N5O2S/c1-18-11-16-20(15(18)22)10-13(21)17-14-19(7-8-23-14)9-12-5-3-2-4-6-12/h2-8,11H,9-10H2,1H3. The number of nitrogens with zero attached hydrogens (tertiary/aromatic N) is 5. The predicted octanol–water partition coefficient (Wildman–Crippen LogP) is 0.621. The summed E-state index contributed by atoms with van der Waals surface area (Å²) in [6, 6.07) is 9.93. The van der Waals surface area contributed by atoms with Crippen molar-refractivity contribution >= 4 is 17.2 Å². The fourth-order valence-corrected chi connectivity index (χ4v) is 2.83. The molecule has 0 spiro atoms. The van der Waals surface area contributed by atoms with E-state index in [2.05, 4.69) is 10.1 Å². The second kappa shape index (κ2) is 6.57. The van der Waals surface area contributed by atoms with Gasteiger partial charge in [-0.15, -0.1) is 11.3 Å². The van der Waals surface area contributed by atoms with E-state index in [-0.39, 0.29) is 12.2 Å². The lowest BCUT2D eigenvalue weighted by molar-refractivity contribution is -0.118. The number of hydrogen-bond donors (Lipinski definition) is 0. The number of rotatable bonds is 4. The molecule has 118 valence electrons. The molecule has 0 bridgehead atoms. The van der Waals surface area contributed by atoms with E-state index in [0.29, 0.717) is 11.3 Å². The summed E-state index contributed by atoms with van der Waals surface area (Å²) in [6.07, 6.45) is 3.26. The maximum absolute atomic E-state index is 12.1. The van der Waals surface area contributed by atoms with Crippen LogP contribution in [-0.4, -0.2) is 24.8 Å². The van der Waals surface area contributed by atoms with Gasteiger partial charge in [-0.05, 0) is 5.56 Å². The quantitative estimate of drug-likeness (QED) is 0.704. The van der Waals surface area contributed by atoms with Crippen molar-refractivity contribution in [3.63, 3.8) is 0 Å². The molecular formula is C15H15N5O2S. The number of thiazole rings is 1. The van der Waals surface area contributed by atoms with Crippen molar-refractivity contribution in [1.29, 1.82) is 0 Å². The molecule has 0 aliphatic carbocycles. The highest BCUT2D eigenvalue weighted by molar-refractivity contribution is 7.07. The molecule has 0 N–H and O–H groups in total. The van der Waals surface area contributed by atoms with Gasteiger partial charge in [0.2, 0.25) is 0 Å². The predicted molar refractivity (Wildman–Crippen MR) is 85.9 cm³/mol. The molecule has 3 aromatic rings. The van der Waals surface area contributed by atoms with Crippen molar-refractivity contribution in [3.05, 3.63) is 69.1 Å². The summed E-state index contributed by atoms with van der Waals surface area (Å²) in [5, 5.41) is 5.73. The van der Waals surface area contributed by atoms with Crippen LogP contribution in [0.15, 0.2) is 58.0 Å². The Hall–Kier alpha value is -2.74. The van der Waals surface area contributed by atoms with Crippen LogP contribution in [0.3, 0.4) is 0 Å². The van der Waals surface area contributed by atoms with Gasteiger partial charge in [0.15, 0.2) is 4.80 Å². The Labute approximate surface area is 135 Å². The molecule has 1 amide bonds. The number of aryl methyl sites for hydroxylation is 1. The van der Waals surface area contributed by atoms with Crippen molar-refractivity contribution in [2.45, 2.75) is 13.1 Å². The Morgan fingerprint density at radius 2 is 2.09 bits per heavy atom. The fourth-order valence-electron chi connectivity index (χ4n) is 2.09. The third-order valence-corrected chi connectivity index (χ3v) is 4.04. The van der Waals surface area contributed by atoms with Gasteiger partial charge in [-0.1, -0.05) is 30.3 Å². The lowest BCUT2D eigenvalue weighted by atomic mass is 10.2.